The van der Waals surface area contributed by atoms with Gasteiger partial charge in [0.15, 0.2) is 0 Å². The van der Waals surface area contributed by atoms with E-state index in [0.717, 1.165) is 5.52 Å². The molecule has 2 aromatic rings. The lowest BCUT2D eigenvalue weighted by Gasteiger charge is -2.38. The van der Waals surface area contributed by atoms with Crippen LogP contribution in [0.2, 0.25) is 0 Å². The van der Waals surface area contributed by atoms with Crippen LogP contribution in [0.25, 0.3) is 11.0 Å². The molecule has 3 saturated heterocycles. The van der Waals surface area contributed by atoms with Gasteiger partial charge in [0.25, 0.3) is 0 Å². The average Bonchev–Trinajstić information content (AvgIpc) is 3.69. The third-order valence-corrected chi connectivity index (χ3v) is 9.02. The Hall–Kier alpha value is -3.57. The molecule has 0 radical (unpaired) electrons. The number of benzene rings is 1. The number of carbonyl (C=O) groups is 3. The van der Waals surface area contributed by atoms with Crippen LogP contribution in [-0.4, -0.2) is 103 Å². The second-order valence-corrected chi connectivity index (χ2v) is 11.2. The Kier molecular flexibility index (Phi) is 7.30. The monoisotopic (exact) mass is 550 g/mol. The van der Waals surface area contributed by atoms with Gasteiger partial charge in [-0.05, 0) is 38.3 Å². The lowest BCUT2D eigenvalue weighted by atomic mass is 9.64. The first-order valence-corrected chi connectivity index (χ1v) is 13.9. The van der Waals surface area contributed by atoms with E-state index in [9.17, 15) is 19.5 Å². The summed E-state index contributed by atoms with van der Waals surface area (Å²) in [5, 5.41) is 18.6. The van der Waals surface area contributed by atoms with Crippen molar-refractivity contribution in [2.75, 3.05) is 26.7 Å². The van der Waals surface area contributed by atoms with E-state index in [2.05, 4.69) is 23.5 Å². The van der Waals surface area contributed by atoms with Crippen LogP contribution in [0, 0.1) is 11.8 Å². The number of nitrogens with zero attached hydrogens (tertiary/aromatic N) is 6. The highest BCUT2D eigenvalue weighted by atomic mass is 16.5. The SMILES string of the molecule is C=CCN(C)C(=O)[C@H]1[C@H]2C(=O)N([C@H](C)CO)C(C(=O)N(CC=C)Cn3nnc4ccccc43)C23CC[C@]1(CC)O3. The molecular weight excluding hydrogens is 512 g/mol. The number of hydrogen-bond donors (Lipinski definition) is 1. The zero-order valence-corrected chi connectivity index (χ0v) is 23.4. The number of aliphatic hydroxyl groups excluding tert-OH is 1. The van der Waals surface area contributed by atoms with Crippen LogP contribution >= 0.6 is 0 Å². The number of likely N-dealkylation sites (tertiary alicyclic amines) is 1. The smallest absolute Gasteiger partial charge is 0.250 e. The number of carbonyl (C=O) groups excluding carboxylic acids is 3. The van der Waals surface area contributed by atoms with Gasteiger partial charge in [0, 0.05) is 20.1 Å². The molecule has 11 heteroatoms. The standard InChI is InChI=1S/C29H38N6O5/c1-6-15-32(5)25(37)22-23-26(38)35(19(4)17-36)24(29(23)14-13-28(22,8-3)40-29)27(39)33(16-7-2)18-34-21-12-10-9-11-20(21)30-31-34/h6-7,9-12,19,22-24,36H,1-2,8,13-18H2,3-5H3/t19-,22-,23+,24?,28+,29?/m1/s1. The van der Waals surface area contributed by atoms with E-state index in [1.165, 1.54) is 4.90 Å². The van der Waals surface area contributed by atoms with Crippen molar-refractivity contribution >= 4 is 28.8 Å². The third-order valence-electron chi connectivity index (χ3n) is 9.02. The Morgan fingerprint density at radius 2 is 1.95 bits per heavy atom. The maximum atomic E-state index is 14.6. The summed E-state index contributed by atoms with van der Waals surface area (Å²) in [4.78, 5) is 47.2. The minimum Gasteiger partial charge on any atom is -0.394 e. The molecule has 1 aromatic heterocycles. The lowest BCUT2D eigenvalue weighted by molar-refractivity contribution is -0.158. The summed E-state index contributed by atoms with van der Waals surface area (Å²) in [6, 6.07) is 5.80. The molecule has 2 unspecified atom stereocenters. The molecule has 11 nitrogen and oxygen atoms in total. The summed E-state index contributed by atoms with van der Waals surface area (Å²) in [6.45, 7) is 11.5. The molecular formula is C29H38N6O5. The highest BCUT2D eigenvalue weighted by Crippen LogP contribution is 2.64. The summed E-state index contributed by atoms with van der Waals surface area (Å²) < 4.78 is 8.46. The van der Waals surface area contributed by atoms with Crippen molar-refractivity contribution in [2.45, 2.75) is 63.1 Å². The molecule has 3 fully saturated rings. The molecule has 1 aromatic carbocycles. The molecule has 0 aliphatic carbocycles. The number of ether oxygens (including phenoxy) is 1. The summed E-state index contributed by atoms with van der Waals surface area (Å²) >= 11 is 0. The van der Waals surface area contributed by atoms with E-state index in [1.807, 2.05) is 31.2 Å². The molecule has 214 valence electrons. The van der Waals surface area contributed by atoms with Crippen LogP contribution in [0.4, 0.5) is 0 Å². The summed E-state index contributed by atoms with van der Waals surface area (Å²) in [5.41, 5.74) is -0.563. The fraction of sp³-hybridized carbons (Fsp3) is 0.552. The van der Waals surface area contributed by atoms with Gasteiger partial charge in [0.05, 0.1) is 35.6 Å². The van der Waals surface area contributed by atoms with E-state index in [0.29, 0.717) is 31.3 Å². The first kappa shape index (κ1) is 28.0. The zero-order chi connectivity index (χ0) is 28.8. The van der Waals surface area contributed by atoms with Crippen molar-refractivity contribution in [1.29, 1.82) is 0 Å². The molecule has 0 saturated carbocycles. The summed E-state index contributed by atoms with van der Waals surface area (Å²) in [5.74, 6) is -2.42. The topological polar surface area (TPSA) is 121 Å². The molecule has 1 spiro atoms. The van der Waals surface area contributed by atoms with Crippen LogP contribution in [-0.2, 0) is 25.8 Å². The first-order valence-electron chi connectivity index (χ1n) is 13.9. The van der Waals surface area contributed by atoms with Gasteiger partial charge < -0.3 is 24.5 Å². The highest BCUT2D eigenvalue weighted by Gasteiger charge is 2.79. The van der Waals surface area contributed by atoms with E-state index < -0.39 is 35.1 Å². The molecule has 6 atom stereocenters. The van der Waals surface area contributed by atoms with Gasteiger partial charge >= 0.3 is 0 Å². The third kappa shape index (κ3) is 3.97. The molecule has 40 heavy (non-hydrogen) atoms. The van der Waals surface area contributed by atoms with E-state index in [-0.39, 0.29) is 37.5 Å². The first-order chi connectivity index (χ1) is 19.2. The number of aromatic nitrogens is 3. The Balaban J connectivity index is 1.57. The van der Waals surface area contributed by atoms with Crippen LogP contribution in [0.5, 0.6) is 0 Å². The van der Waals surface area contributed by atoms with Crippen LogP contribution < -0.4 is 0 Å². The zero-order valence-electron chi connectivity index (χ0n) is 23.4. The number of hydrogen-bond acceptors (Lipinski definition) is 7. The van der Waals surface area contributed by atoms with Crippen LogP contribution in [0.15, 0.2) is 49.6 Å². The number of rotatable bonds is 11. The fourth-order valence-corrected chi connectivity index (χ4v) is 7.12. The molecule has 2 bridgehead atoms. The lowest BCUT2D eigenvalue weighted by Crippen LogP contribution is -2.58. The molecule has 5 rings (SSSR count). The van der Waals surface area contributed by atoms with Crippen LogP contribution in [0.3, 0.4) is 0 Å². The molecule has 4 heterocycles. The predicted octanol–water partition coefficient (Wildman–Crippen LogP) is 1.58. The Morgan fingerprint density at radius 1 is 1.23 bits per heavy atom. The minimum atomic E-state index is -1.19. The fourth-order valence-electron chi connectivity index (χ4n) is 7.12. The van der Waals surface area contributed by atoms with Gasteiger partial charge in [-0.2, -0.15) is 0 Å². The second kappa shape index (κ2) is 10.4. The largest absolute Gasteiger partial charge is 0.394 e. The van der Waals surface area contributed by atoms with Crippen molar-refractivity contribution in [3.05, 3.63) is 49.6 Å². The van der Waals surface area contributed by atoms with Crippen molar-refractivity contribution in [2.24, 2.45) is 11.8 Å². The van der Waals surface area contributed by atoms with Gasteiger partial charge in [-0.1, -0.05) is 36.4 Å². The molecule has 3 aliphatic heterocycles. The quantitative estimate of drug-likeness (QED) is 0.422. The van der Waals surface area contributed by atoms with Gasteiger partial charge in [0.2, 0.25) is 17.7 Å². The number of fused-ring (bicyclic) bond motifs is 2. The van der Waals surface area contributed by atoms with Crippen molar-refractivity contribution < 1.29 is 24.2 Å². The van der Waals surface area contributed by atoms with Gasteiger partial charge in [-0.3, -0.25) is 14.4 Å². The van der Waals surface area contributed by atoms with E-state index in [1.54, 1.807) is 40.6 Å². The molecule has 3 aliphatic rings. The van der Waals surface area contributed by atoms with E-state index >= 15 is 0 Å². The van der Waals surface area contributed by atoms with Gasteiger partial charge in [-0.25, -0.2) is 4.68 Å². The summed E-state index contributed by atoms with van der Waals surface area (Å²) in [6.07, 6.45) is 4.83. The normalized spacial score (nSPS) is 29.4. The second-order valence-electron chi connectivity index (χ2n) is 11.2. The van der Waals surface area contributed by atoms with Gasteiger partial charge in [0.1, 0.15) is 23.8 Å². The minimum absolute atomic E-state index is 0.0848. The number of likely N-dealkylation sites (N-methyl/N-ethyl adjacent to an activating group) is 1. The van der Waals surface area contributed by atoms with Crippen molar-refractivity contribution in [1.82, 2.24) is 29.7 Å². The highest BCUT2D eigenvalue weighted by molar-refractivity contribution is 5.99. The molecule has 1 N–H and O–H groups in total. The van der Waals surface area contributed by atoms with Crippen molar-refractivity contribution in [3.8, 4) is 0 Å². The maximum absolute atomic E-state index is 14.6. The van der Waals surface area contributed by atoms with E-state index in [4.69, 9.17) is 4.74 Å². The maximum Gasteiger partial charge on any atom is 0.250 e. The number of para-hydroxylation sites is 1. The molecule has 3 amide bonds. The average molecular weight is 551 g/mol. The number of aliphatic hydroxyl groups is 1. The Bertz CT molecular complexity index is 1340. The van der Waals surface area contributed by atoms with Crippen molar-refractivity contribution in [3.63, 3.8) is 0 Å². The number of amides is 3. The van der Waals surface area contributed by atoms with Gasteiger partial charge in [-0.15, -0.1) is 18.3 Å². The summed E-state index contributed by atoms with van der Waals surface area (Å²) in [7, 11) is 1.69. The Morgan fingerprint density at radius 3 is 2.62 bits per heavy atom. The predicted molar refractivity (Wildman–Crippen MR) is 148 cm³/mol. The Labute approximate surface area is 234 Å². The van der Waals surface area contributed by atoms with Crippen LogP contribution in [0.1, 0.15) is 33.1 Å².